The molecule has 0 aliphatic rings. The number of halogens is 3. The number of rotatable bonds is 5. The molecule has 0 heterocycles. The van der Waals surface area contributed by atoms with Crippen molar-refractivity contribution in [1.29, 1.82) is 0 Å². The van der Waals surface area contributed by atoms with Crippen molar-refractivity contribution >= 4 is 11.8 Å². The van der Waals surface area contributed by atoms with Crippen LogP contribution in [-0.2, 0) is 0 Å². The fraction of sp³-hybridized carbons (Fsp3) is 0.300. The van der Waals surface area contributed by atoms with Gasteiger partial charge in [0.1, 0.15) is 11.5 Å². The van der Waals surface area contributed by atoms with Gasteiger partial charge in [0.05, 0.1) is 0 Å². The predicted octanol–water partition coefficient (Wildman–Crippen LogP) is 2.17. The average molecular weight is 248 g/mol. The molecular formula is C10H11F3N2O2. The first-order chi connectivity index (χ1) is 8.00. The van der Waals surface area contributed by atoms with Crippen molar-refractivity contribution in [2.45, 2.75) is 6.42 Å². The first-order valence-corrected chi connectivity index (χ1v) is 4.86. The van der Waals surface area contributed by atoms with Crippen molar-refractivity contribution in [1.82, 2.24) is 5.32 Å². The maximum Gasteiger partial charge on any atom is 0.404 e. The van der Waals surface area contributed by atoms with E-state index in [2.05, 4.69) is 10.6 Å². The van der Waals surface area contributed by atoms with Gasteiger partial charge in [0.25, 0.3) is 0 Å². The Labute approximate surface area is 95.4 Å². The van der Waals surface area contributed by atoms with Crippen LogP contribution in [0.25, 0.3) is 0 Å². The molecule has 0 atom stereocenters. The Balaban J connectivity index is 2.44. The molecule has 0 fully saturated rings. The van der Waals surface area contributed by atoms with Crippen molar-refractivity contribution in [3.8, 4) is 0 Å². The molecule has 4 nitrogen and oxygen atoms in total. The maximum atomic E-state index is 13.1. The van der Waals surface area contributed by atoms with Crippen LogP contribution in [0.2, 0.25) is 0 Å². The standard InChI is InChI=1S/C10H11F3N2O2/c11-6-4-7(12)9(8(13)5-6)14-2-1-3-15-10(16)17/h4-5,14-15H,1-3H2,(H,16,17). The van der Waals surface area contributed by atoms with Crippen LogP contribution in [0.4, 0.5) is 23.7 Å². The van der Waals surface area contributed by atoms with Crippen LogP contribution in [0.3, 0.4) is 0 Å². The Kier molecular flexibility index (Phi) is 4.62. The Morgan fingerprint density at radius 2 is 1.76 bits per heavy atom. The molecule has 1 aromatic rings. The predicted molar refractivity (Wildman–Crippen MR) is 55.5 cm³/mol. The molecule has 1 aromatic carbocycles. The molecule has 17 heavy (non-hydrogen) atoms. The lowest BCUT2D eigenvalue weighted by atomic mass is 10.2. The van der Waals surface area contributed by atoms with E-state index in [-0.39, 0.29) is 13.1 Å². The zero-order valence-electron chi connectivity index (χ0n) is 8.77. The van der Waals surface area contributed by atoms with Crippen LogP contribution in [-0.4, -0.2) is 24.3 Å². The first-order valence-electron chi connectivity index (χ1n) is 4.86. The van der Waals surface area contributed by atoms with Crippen LogP contribution in [0.15, 0.2) is 12.1 Å². The summed E-state index contributed by atoms with van der Waals surface area (Å²) in [5.74, 6) is -3.03. The van der Waals surface area contributed by atoms with Gasteiger partial charge in [0.2, 0.25) is 0 Å². The van der Waals surface area contributed by atoms with E-state index in [4.69, 9.17) is 5.11 Å². The van der Waals surface area contributed by atoms with E-state index in [1.54, 1.807) is 0 Å². The van der Waals surface area contributed by atoms with Gasteiger partial charge >= 0.3 is 6.09 Å². The highest BCUT2D eigenvalue weighted by molar-refractivity contribution is 5.64. The van der Waals surface area contributed by atoms with Gasteiger partial charge in [0, 0.05) is 25.2 Å². The molecule has 0 aliphatic carbocycles. The maximum absolute atomic E-state index is 13.1. The molecule has 1 amide bonds. The highest BCUT2D eigenvalue weighted by Crippen LogP contribution is 2.19. The number of anilines is 1. The largest absolute Gasteiger partial charge is 0.465 e. The smallest absolute Gasteiger partial charge is 0.404 e. The molecule has 0 saturated carbocycles. The molecule has 0 aromatic heterocycles. The normalized spacial score (nSPS) is 10.1. The SMILES string of the molecule is O=C(O)NCCCNc1c(F)cc(F)cc1F. The van der Waals surface area contributed by atoms with E-state index in [0.717, 1.165) is 0 Å². The Bertz CT molecular complexity index is 390. The summed E-state index contributed by atoms with van der Waals surface area (Å²) in [6, 6.07) is 1.14. The number of benzene rings is 1. The van der Waals surface area contributed by atoms with Gasteiger partial charge in [-0.25, -0.2) is 18.0 Å². The van der Waals surface area contributed by atoms with Gasteiger partial charge < -0.3 is 15.7 Å². The number of nitrogens with one attached hydrogen (secondary N) is 2. The summed E-state index contributed by atoms with van der Waals surface area (Å²) in [5, 5.41) is 12.8. The van der Waals surface area contributed by atoms with E-state index < -0.39 is 29.2 Å². The molecule has 7 heteroatoms. The van der Waals surface area contributed by atoms with Crippen molar-refractivity contribution in [2.24, 2.45) is 0 Å². The van der Waals surface area contributed by atoms with Crippen LogP contribution in [0.5, 0.6) is 0 Å². The zero-order chi connectivity index (χ0) is 12.8. The Morgan fingerprint density at radius 3 is 2.29 bits per heavy atom. The Hall–Kier alpha value is -1.92. The third kappa shape index (κ3) is 4.21. The quantitative estimate of drug-likeness (QED) is 0.700. The number of hydrogen-bond donors (Lipinski definition) is 3. The van der Waals surface area contributed by atoms with Gasteiger partial charge in [-0.2, -0.15) is 0 Å². The van der Waals surface area contributed by atoms with Gasteiger partial charge in [-0.1, -0.05) is 0 Å². The molecule has 0 radical (unpaired) electrons. The minimum atomic E-state index is -1.16. The molecule has 0 aliphatic heterocycles. The molecule has 0 bridgehead atoms. The van der Waals surface area contributed by atoms with Crippen molar-refractivity contribution < 1.29 is 23.1 Å². The van der Waals surface area contributed by atoms with Crippen LogP contribution < -0.4 is 10.6 Å². The summed E-state index contributed by atoms with van der Waals surface area (Å²) in [4.78, 5) is 10.1. The summed E-state index contributed by atoms with van der Waals surface area (Å²) >= 11 is 0. The molecule has 3 N–H and O–H groups in total. The Morgan fingerprint density at radius 1 is 1.18 bits per heavy atom. The fourth-order valence-corrected chi connectivity index (χ4v) is 1.21. The molecular weight excluding hydrogens is 237 g/mol. The third-order valence-corrected chi connectivity index (χ3v) is 1.94. The molecule has 0 unspecified atom stereocenters. The summed E-state index contributed by atoms with van der Waals surface area (Å²) in [6.45, 7) is 0.326. The van der Waals surface area contributed by atoms with Crippen molar-refractivity contribution in [3.63, 3.8) is 0 Å². The first kappa shape index (κ1) is 13.1. The molecule has 0 saturated heterocycles. The number of hydrogen-bond acceptors (Lipinski definition) is 2. The average Bonchev–Trinajstić information content (AvgIpc) is 2.20. The topological polar surface area (TPSA) is 61.4 Å². The van der Waals surface area contributed by atoms with E-state index in [0.29, 0.717) is 18.6 Å². The lowest BCUT2D eigenvalue weighted by Crippen LogP contribution is -2.23. The van der Waals surface area contributed by atoms with E-state index >= 15 is 0 Å². The minimum Gasteiger partial charge on any atom is -0.465 e. The van der Waals surface area contributed by atoms with Gasteiger partial charge in [0.15, 0.2) is 11.6 Å². The molecule has 1 rings (SSSR count). The second kappa shape index (κ2) is 5.97. The minimum absolute atomic E-state index is 0.159. The highest BCUT2D eigenvalue weighted by Gasteiger charge is 2.10. The number of carboxylic acid groups (broad SMARTS) is 1. The summed E-state index contributed by atoms with van der Waals surface area (Å²) in [6.07, 6.45) is -0.813. The molecule has 0 spiro atoms. The van der Waals surface area contributed by atoms with Gasteiger partial charge in [-0.15, -0.1) is 0 Å². The highest BCUT2D eigenvalue weighted by atomic mass is 19.1. The monoisotopic (exact) mass is 248 g/mol. The lowest BCUT2D eigenvalue weighted by Gasteiger charge is -2.08. The third-order valence-electron chi connectivity index (χ3n) is 1.94. The van der Waals surface area contributed by atoms with E-state index in [9.17, 15) is 18.0 Å². The van der Waals surface area contributed by atoms with Crippen LogP contribution in [0.1, 0.15) is 6.42 Å². The summed E-state index contributed by atoms with van der Waals surface area (Å²) < 4.78 is 38.7. The summed E-state index contributed by atoms with van der Waals surface area (Å²) in [7, 11) is 0. The lowest BCUT2D eigenvalue weighted by molar-refractivity contribution is 0.194. The van der Waals surface area contributed by atoms with Gasteiger partial charge in [-0.05, 0) is 6.42 Å². The number of amides is 1. The summed E-state index contributed by atoms with van der Waals surface area (Å²) in [5.41, 5.74) is -0.415. The second-order valence-electron chi connectivity index (χ2n) is 3.26. The molecule has 94 valence electrons. The van der Waals surface area contributed by atoms with Crippen molar-refractivity contribution in [2.75, 3.05) is 18.4 Å². The van der Waals surface area contributed by atoms with E-state index in [1.165, 1.54) is 0 Å². The number of carbonyl (C=O) groups is 1. The zero-order valence-corrected chi connectivity index (χ0v) is 8.77. The fourth-order valence-electron chi connectivity index (χ4n) is 1.21. The van der Waals surface area contributed by atoms with E-state index in [1.807, 2.05) is 0 Å². The second-order valence-corrected chi connectivity index (χ2v) is 3.26. The van der Waals surface area contributed by atoms with Crippen LogP contribution >= 0.6 is 0 Å². The van der Waals surface area contributed by atoms with Crippen LogP contribution in [0, 0.1) is 17.5 Å². The van der Waals surface area contributed by atoms with Gasteiger partial charge in [-0.3, -0.25) is 0 Å². The van der Waals surface area contributed by atoms with Crippen molar-refractivity contribution in [3.05, 3.63) is 29.6 Å².